The summed E-state index contributed by atoms with van der Waals surface area (Å²) in [5.74, 6) is -0.663. The first-order valence-electron chi connectivity index (χ1n) is 5.82. The van der Waals surface area contributed by atoms with E-state index in [4.69, 9.17) is 34.8 Å². The molecule has 0 atom stereocenters. The standard InChI is InChI=1S/C13H9Cl3N2O3S/c14-9-3-1-2-8(6-9)13(19)17-18-22(20,21)12-7-10(15)4-5-11(12)16/h1-7,18H,(H,17,19). The summed E-state index contributed by atoms with van der Waals surface area (Å²) < 4.78 is 24.2. The Morgan fingerprint density at radius 2 is 1.64 bits per heavy atom. The molecule has 0 radical (unpaired) electrons. The minimum absolute atomic E-state index is 0.0195. The van der Waals surface area contributed by atoms with E-state index in [0.717, 1.165) is 0 Å². The molecule has 0 aliphatic heterocycles. The molecule has 0 bridgehead atoms. The van der Waals surface area contributed by atoms with Gasteiger partial charge >= 0.3 is 0 Å². The Morgan fingerprint density at radius 1 is 0.955 bits per heavy atom. The number of rotatable bonds is 4. The van der Waals surface area contributed by atoms with Gasteiger partial charge in [-0.1, -0.05) is 40.9 Å². The predicted molar refractivity (Wildman–Crippen MR) is 85.7 cm³/mol. The van der Waals surface area contributed by atoms with Crippen molar-refractivity contribution in [3.63, 3.8) is 0 Å². The van der Waals surface area contributed by atoms with Crippen molar-refractivity contribution in [3.8, 4) is 0 Å². The highest BCUT2D eigenvalue weighted by molar-refractivity contribution is 7.89. The van der Waals surface area contributed by atoms with Gasteiger partial charge in [0, 0.05) is 15.6 Å². The first kappa shape index (κ1) is 17.1. The monoisotopic (exact) mass is 378 g/mol. The summed E-state index contributed by atoms with van der Waals surface area (Å²) in [5, 5.41) is 0.535. The van der Waals surface area contributed by atoms with Crippen molar-refractivity contribution in [1.82, 2.24) is 10.3 Å². The third kappa shape index (κ3) is 4.12. The molecule has 9 heteroatoms. The molecular weight excluding hydrogens is 371 g/mol. The molecule has 0 heterocycles. The highest BCUT2D eigenvalue weighted by Gasteiger charge is 2.19. The van der Waals surface area contributed by atoms with Crippen LogP contribution in [0.1, 0.15) is 10.4 Å². The molecule has 0 unspecified atom stereocenters. The number of carbonyl (C=O) groups is 1. The van der Waals surface area contributed by atoms with Crippen molar-refractivity contribution in [2.45, 2.75) is 4.90 Å². The van der Waals surface area contributed by atoms with Gasteiger partial charge in [0.15, 0.2) is 0 Å². The molecule has 1 amide bonds. The number of hydrogen-bond donors (Lipinski definition) is 2. The lowest BCUT2D eigenvalue weighted by molar-refractivity contribution is 0.0945. The van der Waals surface area contributed by atoms with Gasteiger partial charge in [-0.05, 0) is 36.4 Å². The third-order valence-corrected chi connectivity index (χ3v) is 4.77. The van der Waals surface area contributed by atoms with Crippen molar-refractivity contribution in [2.24, 2.45) is 0 Å². The molecule has 116 valence electrons. The number of hydrogen-bond acceptors (Lipinski definition) is 3. The summed E-state index contributed by atoms with van der Waals surface area (Å²) in [5.41, 5.74) is 2.28. The van der Waals surface area contributed by atoms with Crippen LogP contribution < -0.4 is 10.3 Å². The van der Waals surface area contributed by atoms with Gasteiger partial charge in [0.05, 0.1) is 5.02 Å². The van der Waals surface area contributed by atoms with Crippen LogP contribution in [0.3, 0.4) is 0 Å². The van der Waals surface area contributed by atoms with E-state index in [2.05, 4.69) is 5.43 Å². The lowest BCUT2D eigenvalue weighted by Gasteiger charge is -2.10. The smallest absolute Gasteiger partial charge is 0.266 e. The van der Waals surface area contributed by atoms with E-state index in [0.29, 0.717) is 5.02 Å². The van der Waals surface area contributed by atoms with Gasteiger partial charge < -0.3 is 0 Å². The Kier molecular flexibility index (Phi) is 5.31. The fourth-order valence-electron chi connectivity index (χ4n) is 1.55. The molecule has 2 N–H and O–H groups in total. The first-order valence-corrected chi connectivity index (χ1v) is 8.44. The summed E-state index contributed by atoms with van der Waals surface area (Å²) in [6, 6.07) is 10.0. The minimum Gasteiger partial charge on any atom is -0.273 e. The van der Waals surface area contributed by atoms with E-state index < -0.39 is 15.9 Å². The van der Waals surface area contributed by atoms with Gasteiger partial charge in [-0.15, -0.1) is 4.83 Å². The number of sulfonamides is 1. The van der Waals surface area contributed by atoms with Crippen LogP contribution in [0.5, 0.6) is 0 Å². The van der Waals surface area contributed by atoms with E-state index in [1.165, 1.54) is 30.3 Å². The average Bonchev–Trinajstić information content (AvgIpc) is 2.47. The maximum Gasteiger partial charge on any atom is 0.266 e. The van der Waals surface area contributed by atoms with Crippen molar-refractivity contribution in [2.75, 3.05) is 0 Å². The lowest BCUT2D eigenvalue weighted by Crippen LogP contribution is -2.41. The van der Waals surface area contributed by atoms with Gasteiger partial charge in [0.2, 0.25) is 0 Å². The van der Waals surface area contributed by atoms with Crippen LogP contribution in [-0.2, 0) is 10.0 Å². The molecule has 5 nitrogen and oxygen atoms in total. The largest absolute Gasteiger partial charge is 0.273 e. The number of benzene rings is 2. The Morgan fingerprint density at radius 3 is 2.32 bits per heavy atom. The quantitative estimate of drug-likeness (QED) is 0.801. The molecule has 2 rings (SSSR count). The Labute approximate surface area is 142 Å². The number of carbonyl (C=O) groups excluding carboxylic acids is 1. The van der Waals surface area contributed by atoms with Crippen molar-refractivity contribution in [3.05, 3.63) is 63.1 Å². The van der Waals surface area contributed by atoms with Gasteiger partial charge in [-0.3, -0.25) is 10.2 Å². The summed E-state index contributed by atoms with van der Waals surface area (Å²) in [6.45, 7) is 0. The molecule has 0 saturated carbocycles. The van der Waals surface area contributed by atoms with Crippen LogP contribution in [0.4, 0.5) is 0 Å². The molecule has 0 saturated heterocycles. The summed E-state index contributed by atoms with van der Waals surface area (Å²) >= 11 is 17.3. The van der Waals surface area contributed by atoms with Gasteiger partial charge in [-0.2, -0.15) is 0 Å². The second-order valence-corrected chi connectivity index (χ2v) is 7.08. The number of amides is 1. The fourth-order valence-corrected chi connectivity index (χ4v) is 3.35. The van der Waals surface area contributed by atoms with Crippen molar-refractivity contribution >= 4 is 50.7 Å². The number of halogens is 3. The molecule has 0 aromatic heterocycles. The van der Waals surface area contributed by atoms with E-state index in [1.807, 2.05) is 4.83 Å². The zero-order valence-electron chi connectivity index (χ0n) is 10.8. The predicted octanol–water partition coefficient (Wildman–Crippen LogP) is 3.27. The zero-order chi connectivity index (χ0) is 16.3. The molecular formula is C13H9Cl3N2O3S. The molecule has 0 fully saturated rings. The topological polar surface area (TPSA) is 75.3 Å². The SMILES string of the molecule is O=C(NNS(=O)(=O)c1cc(Cl)ccc1Cl)c1cccc(Cl)c1. The summed E-state index contributed by atoms with van der Waals surface area (Å²) in [4.78, 5) is 13.6. The first-order chi connectivity index (χ1) is 10.3. The molecule has 2 aromatic carbocycles. The van der Waals surface area contributed by atoms with Crippen LogP contribution >= 0.6 is 34.8 Å². The van der Waals surface area contributed by atoms with E-state index >= 15 is 0 Å². The maximum absolute atomic E-state index is 12.1. The zero-order valence-corrected chi connectivity index (χ0v) is 13.9. The van der Waals surface area contributed by atoms with Crippen molar-refractivity contribution in [1.29, 1.82) is 0 Å². The fraction of sp³-hybridized carbons (Fsp3) is 0. The van der Waals surface area contributed by atoms with Crippen LogP contribution in [-0.4, -0.2) is 14.3 Å². The molecule has 0 aliphatic carbocycles. The highest BCUT2D eigenvalue weighted by Crippen LogP contribution is 2.24. The van der Waals surface area contributed by atoms with Crippen LogP contribution in [0.25, 0.3) is 0 Å². The lowest BCUT2D eigenvalue weighted by atomic mass is 10.2. The van der Waals surface area contributed by atoms with Crippen LogP contribution in [0.15, 0.2) is 47.4 Å². The van der Waals surface area contributed by atoms with Crippen LogP contribution in [0.2, 0.25) is 15.1 Å². The van der Waals surface area contributed by atoms with E-state index in [-0.39, 0.29) is 20.5 Å². The van der Waals surface area contributed by atoms with Gasteiger partial charge in [0.25, 0.3) is 15.9 Å². The highest BCUT2D eigenvalue weighted by atomic mass is 35.5. The van der Waals surface area contributed by atoms with E-state index in [9.17, 15) is 13.2 Å². The van der Waals surface area contributed by atoms with Crippen LogP contribution in [0, 0.1) is 0 Å². The second-order valence-electron chi connectivity index (χ2n) is 4.14. The van der Waals surface area contributed by atoms with E-state index in [1.54, 1.807) is 12.1 Å². The summed E-state index contributed by atoms with van der Waals surface area (Å²) in [6.07, 6.45) is 0. The second kappa shape index (κ2) is 6.85. The average molecular weight is 380 g/mol. The summed E-state index contributed by atoms with van der Waals surface area (Å²) in [7, 11) is -4.06. The third-order valence-electron chi connectivity index (χ3n) is 2.57. The molecule has 2 aromatic rings. The normalized spacial score (nSPS) is 11.2. The minimum atomic E-state index is -4.06. The Balaban J connectivity index is 2.16. The van der Waals surface area contributed by atoms with Gasteiger partial charge in [-0.25, -0.2) is 8.42 Å². The molecule has 0 aliphatic rings. The number of nitrogens with one attached hydrogen (secondary N) is 2. The Bertz CT molecular complexity index is 825. The Hall–Kier alpha value is -1.31. The molecule has 22 heavy (non-hydrogen) atoms. The maximum atomic E-state index is 12.1. The molecule has 0 spiro atoms. The van der Waals surface area contributed by atoms with Crippen molar-refractivity contribution < 1.29 is 13.2 Å². The van der Waals surface area contributed by atoms with Gasteiger partial charge in [0.1, 0.15) is 4.90 Å². The number of hydrazine groups is 1.